The number of nitrogens with zero attached hydrogens (tertiary/aromatic N) is 2. The molecular formula is C20H21F2N3O4S. The fourth-order valence-electron chi connectivity index (χ4n) is 3.11. The van der Waals surface area contributed by atoms with Gasteiger partial charge in [-0.25, -0.2) is 17.2 Å². The monoisotopic (exact) mass is 437 g/mol. The van der Waals surface area contributed by atoms with Gasteiger partial charge < -0.3 is 10.2 Å². The lowest BCUT2D eigenvalue weighted by Gasteiger charge is -2.34. The molecule has 1 aliphatic rings. The van der Waals surface area contributed by atoms with Gasteiger partial charge >= 0.3 is 0 Å². The van der Waals surface area contributed by atoms with Crippen LogP contribution in [0.25, 0.3) is 0 Å². The molecule has 30 heavy (non-hydrogen) atoms. The third kappa shape index (κ3) is 4.65. The second-order valence-corrected chi connectivity index (χ2v) is 8.66. The number of hydrogen-bond acceptors (Lipinski definition) is 4. The van der Waals surface area contributed by atoms with Crippen molar-refractivity contribution in [1.82, 2.24) is 9.21 Å². The van der Waals surface area contributed by atoms with Gasteiger partial charge in [-0.3, -0.25) is 9.59 Å². The van der Waals surface area contributed by atoms with Crippen molar-refractivity contribution in [2.45, 2.75) is 18.2 Å². The first-order valence-corrected chi connectivity index (χ1v) is 10.8. The molecule has 160 valence electrons. The lowest BCUT2D eigenvalue weighted by molar-refractivity contribution is -0.115. The Labute approximate surface area is 173 Å². The topological polar surface area (TPSA) is 86.8 Å². The summed E-state index contributed by atoms with van der Waals surface area (Å²) < 4.78 is 53.7. The first kappa shape index (κ1) is 21.8. The number of sulfonamides is 1. The Kier molecular flexibility index (Phi) is 6.47. The highest BCUT2D eigenvalue weighted by Crippen LogP contribution is 2.22. The van der Waals surface area contributed by atoms with Crippen LogP contribution in [0.3, 0.4) is 0 Å². The maximum atomic E-state index is 13.9. The van der Waals surface area contributed by atoms with Crippen LogP contribution in [0.2, 0.25) is 0 Å². The van der Waals surface area contributed by atoms with E-state index in [0.717, 1.165) is 16.4 Å². The minimum Gasteiger partial charge on any atom is -0.336 e. The average molecular weight is 437 g/mol. The molecule has 7 nitrogen and oxygen atoms in total. The molecule has 10 heteroatoms. The highest BCUT2D eigenvalue weighted by molar-refractivity contribution is 7.89. The van der Waals surface area contributed by atoms with Crippen LogP contribution in [-0.2, 0) is 14.8 Å². The molecule has 1 N–H and O–H groups in total. The van der Waals surface area contributed by atoms with Crippen molar-refractivity contribution >= 4 is 27.5 Å². The molecule has 1 fully saturated rings. The third-order valence-electron chi connectivity index (χ3n) is 4.75. The third-order valence-corrected chi connectivity index (χ3v) is 6.66. The molecule has 1 saturated heterocycles. The van der Waals surface area contributed by atoms with Crippen LogP contribution in [0.15, 0.2) is 47.4 Å². The van der Waals surface area contributed by atoms with Crippen LogP contribution in [0.4, 0.5) is 14.5 Å². The van der Waals surface area contributed by atoms with Gasteiger partial charge in [0.15, 0.2) is 0 Å². The molecule has 0 spiro atoms. The van der Waals surface area contributed by atoms with Crippen molar-refractivity contribution < 1.29 is 26.8 Å². The van der Waals surface area contributed by atoms with Crippen LogP contribution in [0.5, 0.6) is 0 Å². The summed E-state index contributed by atoms with van der Waals surface area (Å²) in [5, 5.41) is 2.68. The largest absolute Gasteiger partial charge is 0.336 e. The summed E-state index contributed by atoms with van der Waals surface area (Å²) in [7, 11) is -4.22. The molecule has 1 heterocycles. The lowest BCUT2D eigenvalue weighted by Crippen LogP contribution is -2.50. The van der Waals surface area contributed by atoms with Crippen LogP contribution < -0.4 is 5.32 Å². The number of carbonyl (C=O) groups is 2. The summed E-state index contributed by atoms with van der Waals surface area (Å²) in [4.78, 5) is 25.1. The van der Waals surface area contributed by atoms with E-state index >= 15 is 0 Å². The SMILES string of the molecule is CCC(=O)Nc1cccc(C(=O)N2CCN(S(=O)(=O)c3cc(F)ccc3F)CC2)c1. The lowest BCUT2D eigenvalue weighted by atomic mass is 10.1. The second kappa shape index (κ2) is 8.88. The fraction of sp³-hybridized carbons (Fsp3) is 0.300. The average Bonchev–Trinajstić information content (AvgIpc) is 2.75. The zero-order valence-corrected chi connectivity index (χ0v) is 17.1. The molecule has 2 amide bonds. The van der Waals surface area contributed by atoms with Crippen molar-refractivity contribution in [3.05, 3.63) is 59.7 Å². The van der Waals surface area contributed by atoms with Crippen molar-refractivity contribution in [1.29, 1.82) is 0 Å². The summed E-state index contributed by atoms with van der Waals surface area (Å²) in [6.07, 6.45) is 0.306. The Hall–Kier alpha value is -2.85. The quantitative estimate of drug-likeness (QED) is 0.779. The van der Waals surface area contributed by atoms with Gasteiger partial charge in [0.25, 0.3) is 5.91 Å². The molecule has 0 saturated carbocycles. The van der Waals surface area contributed by atoms with Crippen LogP contribution in [0, 0.1) is 11.6 Å². The number of halogens is 2. The van der Waals surface area contributed by atoms with E-state index in [1.807, 2.05) is 0 Å². The number of amides is 2. The van der Waals surface area contributed by atoms with Crippen LogP contribution in [-0.4, -0.2) is 55.6 Å². The van der Waals surface area contributed by atoms with Crippen molar-refractivity contribution in [2.75, 3.05) is 31.5 Å². The van der Waals surface area contributed by atoms with E-state index in [-0.39, 0.29) is 38.0 Å². The number of rotatable bonds is 5. The standard InChI is InChI=1S/C20H21F2N3O4S/c1-2-19(26)23-16-5-3-4-14(12-16)20(27)24-8-10-25(11-9-24)30(28,29)18-13-15(21)6-7-17(18)22/h3-7,12-13H,2,8-11H2,1H3,(H,23,26). The van der Waals surface area contributed by atoms with Crippen LogP contribution in [0.1, 0.15) is 23.7 Å². The van der Waals surface area contributed by atoms with Gasteiger partial charge in [0.2, 0.25) is 15.9 Å². The number of benzene rings is 2. The number of carbonyl (C=O) groups excluding carboxylic acids is 2. The van der Waals surface area contributed by atoms with E-state index < -0.39 is 26.6 Å². The van der Waals surface area contributed by atoms with E-state index in [2.05, 4.69) is 5.32 Å². The molecule has 2 aromatic carbocycles. The first-order chi connectivity index (χ1) is 14.2. The molecule has 1 aliphatic heterocycles. The summed E-state index contributed by atoms with van der Waals surface area (Å²) in [6, 6.07) is 8.75. The zero-order chi connectivity index (χ0) is 21.9. The molecule has 2 aromatic rings. The maximum absolute atomic E-state index is 13.9. The summed E-state index contributed by atoms with van der Waals surface area (Å²) in [6.45, 7) is 1.82. The smallest absolute Gasteiger partial charge is 0.254 e. The number of piperazine rings is 1. The summed E-state index contributed by atoms with van der Waals surface area (Å²) >= 11 is 0. The van der Waals surface area contributed by atoms with Crippen molar-refractivity contribution in [3.8, 4) is 0 Å². The van der Waals surface area contributed by atoms with Crippen molar-refractivity contribution in [2.24, 2.45) is 0 Å². The Morgan fingerprint density at radius 1 is 1.03 bits per heavy atom. The number of anilines is 1. The highest BCUT2D eigenvalue weighted by atomic mass is 32.2. The molecule has 0 aromatic heterocycles. The molecule has 0 atom stereocenters. The van der Waals surface area contributed by atoms with Crippen LogP contribution >= 0.6 is 0 Å². The van der Waals surface area contributed by atoms with Crippen molar-refractivity contribution in [3.63, 3.8) is 0 Å². The summed E-state index contributed by atoms with van der Waals surface area (Å²) in [5.41, 5.74) is 0.854. The van der Waals surface area contributed by atoms with E-state index in [4.69, 9.17) is 0 Å². The molecule has 3 rings (SSSR count). The Bertz CT molecular complexity index is 1070. The Morgan fingerprint density at radius 3 is 2.40 bits per heavy atom. The molecular weight excluding hydrogens is 416 g/mol. The van der Waals surface area contributed by atoms with Gasteiger partial charge in [0.05, 0.1) is 0 Å². The normalized spacial score (nSPS) is 15.1. The predicted molar refractivity (Wildman–Crippen MR) is 106 cm³/mol. The van der Waals surface area contributed by atoms with Gasteiger partial charge in [0, 0.05) is 43.9 Å². The highest BCUT2D eigenvalue weighted by Gasteiger charge is 2.32. The zero-order valence-electron chi connectivity index (χ0n) is 16.3. The molecule has 0 aliphatic carbocycles. The number of hydrogen-bond donors (Lipinski definition) is 1. The van der Waals surface area contributed by atoms with Gasteiger partial charge in [-0.05, 0) is 36.4 Å². The Balaban J connectivity index is 1.69. The molecule has 0 radical (unpaired) electrons. The maximum Gasteiger partial charge on any atom is 0.254 e. The molecule has 0 unspecified atom stereocenters. The fourth-order valence-corrected chi connectivity index (χ4v) is 4.61. The van der Waals surface area contributed by atoms with Gasteiger partial charge in [-0.2, -0.15) is 4.31 Å². The summed E-state index contributed by atoms with van der Waals surface area (Å²) in [5.74, 6) is -2.36. The second-order valence-electron chi connectivity index (χ2n) is 6.75. The minimum atomic E-state index is -4.22. The van der Waals surface area contributed by atoms with Gasteiger partial charge in [-0.1, -0.05) is 13.0 Å². The number of nitrogens with one attached hydrogen (secondary N) is 1. The van der Waals surface area contributed by atoms with Gasteiger partial charge in [-0.15, -0.1) is 0 Å². The van der Waals surface area contributed by atoms with E-state index in [0.29, 0.717) is 23.7 Å². The minimum absolute atomic E-state index is 0.0453. The first-order valence-electron chi connectivity index (χ1n) is 9.36. The van der Waals surface area contributed by atoms with Gasteiger partial charge in [0.1, 0.15) is 16.5 Å². The predicted octanol–water partition coefficient (Wildman–Crippen LogP) is 2.46. The Morgan fingerprint density at radius 2 is 1.73 bits per heavy atom. The van der Waals surface area contributed by atoms with E-state index in [9.17, 15) is 26.8 Å². The van der Waals surface area contributed by atoms with E-state index in [1.54, 1.807) is 31.2 Å². The molecule has 0 bridgehead atoms. The van der Waals surface area contributed by atoms with E-state index in [1.165, 1.54) is 4.90 Å².